The van der Waals surface area contributed by atoms with Crippen molar-refractivity contribution in [1.82, 2.24) is 5.32 Å². The van der Waals surface area contributed by atoms with E-state index in [1.54, 1.807) is 26.8 Å². The highest BCUT2D eigenvalue weighted by Gasteiger charge is 2.16. The van der Waals surface area contributed by atoms with Gasteiger partial charge in [0.1, 0.15) is 12.1 Å². The minimum atomic E-state index is -3.35. The fourth-order valence-electron chi connectivity index (χ4n) is 1.48. The summed E-state index contributed by atoms with van der Waals surface area (Å²) >= 11 is 0. The van der Waals surface area contributed by atoms with Crippen molar-refractivity contribution in [3.05, 3.63) is 24.3 Å². The Balaban J connectivity index is 2.58. The molecule has 0 aliphatic rings. The third-order valence-electron chi connectivity index (χ3n) is 2.34. The van der Waals surface area contributed by atoms with E-state index in [4.69, 9.17) is 4.74 Å². The van der Waals surface area contributed by atoms with Crippen LogP contribution in [0.1, 0.15) is 20.8 Å². The molecular weight excluding hydrogens is 308 g/mol. The summed E-state index contributed by atoms with van der Waals surface area (Å²) in [7, 11) is -3.35. The Kier molecular flexibility index (Phi) is 5.54. The van der Waals surface area contributed by atoms with Crippen molar-refractivity contribution < 1.29 is 22.7 Å². The van der Waals surface area contributed by atoms with Crippen LogP contribution in [0.25, 0.3) is 0 Å². The smallest absolute Gasteiger partial charge is 0.408 e. The Hall–Kier alpha value is -2.09. The van der Waals surface area contributed by atoms with E-state index in [2.05, 4.69) is 10.6 Å². The predicted octanol–water partition coefficient (Wildman–Crippen LogP) is 1.55. The van der Waals surface area contributed by atoms with Crippen molar-refractivity contribution in [2.75, 3.05) is 18.1 Å². The first-order valence-corrected chi connectivity index (χ1v) is 8.43. The van der Waals surface area contributed by atoms with E-state index in [9.17, 15) is 18.0 Å². The van der Waals surface area contributed by atoms with Crippen molar-refractivity contribution in [3.8, 4) is 0 Å². The molecule has 0 spiro atoms. The first-order chi connectivity index (χ1) is 9.97. The number of carbonyl (C=O) groups is 2. The van der Waals surface area contributed by atoms with Crippen molar-refractivity contribution >= 4 is 27.5 Å². The molecule has 0 radical (unpaired) electrons. The molecule has 2 N–H and O–H groups in total. The lowest BCUT2D eigenvalue weighted by Crippen LogP contribution is -2.37. The third-order valence-corrected chi connectivity index (χ3v) is 3.45. The Morgan fingerprint density at radius 2 is 1.86 bits per heavy atom. The summed E-state index contributed by atoms with van der Waals surface area (Å²) in [5.41, 5.74) is -0.316. The van der Waals surface area contributed by atoms with Gasteiger partial charge in [-0.05, 0) is 39.0 Å². The molecule has 0 bridgehead atoms. The SMILES string of the molecule is CC(C)(C)OC(=O)NCC(=O)Nc1cccc(S(C)(=O)=O)c1. The molecule has 1 rings (SSSR count). The predicted molar refractivity (Wildman–Crippen MR) is 82.4 cm³/mol. The Morgan fingerprint density at radius 1 is 1.23 bits per heavy atom. The van der Waals surface area contributed by atoms with Crippen molar-refractivity contribution in [1.29, 1.82) is 0 Å². The van der Waals surface area contributed by atoms with E-state index in [0.29, 0.717) is 5.69 Å². The standard InChI is InChI=1S/C14H20N2O5S/c1-14(2,3)21-13(18)15-9-12(17)16-10-6-5-7-11(8-10)22(4,19)20/h5-8H,9H2,1-4H3,(H,15,18)(H,16,17). The lowest BCUT2D eigenvalue weighted by atomic mass is 10.2. The van der Waals surface area contributed by atoms with Gasteiger partial charge in [0, 0.05) is 11.9 Å². The van der Waals surface area contributed by atoms with Gasteiger partial charge in [0.05, 0.1) is 4.90 Å². The number of anilines is 1. The number of carbonyl (C=O) groups excluding carboxylic acids is 2. The molecule has 0 saturated carbocycles. The van der Waals surface area contributed by atoms with Crippen molar-refractivity contribution in [2.24, 2.45) is 0 Å². The van der Waals surface area contributed by atoms with Crippen molar-refractivity contribution in [2.45, 2.75) is 31.3 Å². The number of sulfone groups is 1. The lowest BCUT2D eigenvalue weighted by molar-refractivity contribution is -0.115. The largest absolute Gasteiger partial charge is 0.444 e. The second-order valence-corrected chi connectivity index (χ2v) is 7.72. The molecular formula is C14H20N2O5S. The summed E-state index contributed by atoms with van der Waals surface area (Å²) in [6.45, 7) is 4.86. The van der Waals surface area contributed by atoms with E-state index >= 15 is 0 Å². The first-order valence-electron chi connectivity index (χ1n) is 6.54. The average Bonchev–Trinajstić information content (AvgIpc) is 2.34. The zero-order valence-corrected chi connectivity index (χ0v) is 13.8. The highest BCUT2D eigenvalue weighted by atomic mass is 32.2. The minimum absolute atomic E-state index is 0.102. The number of ether oxygens (including phenoxy) is 1. The van der Waals surface area contributed by atoms with E-state index < -0.39 is 27.4 Å². The molecule has 7 nitrogen and oxygen atoms in total. The first kappa shape index (κ1) is 18.0. The van der Waals surface area contributed by atoms with E-state index in [1.807, 2.05) is 0 Å². The maximum absolute atomic E-state index is 11.7. The molecule has 0 aliphatic heterocycles. The number of hydrogen-bond acceptors (Lipinski definition) is 5. The van der Waals surface area contributed by atoms with Gasteiger partial charge < -0.3 is 15.4 Å². The fourth-order valence-corrected chi connectivity index (χ4v) is 2.14. The summed E-state index contributed by atoms with van der Waals surface area (Å²) in [5.74, 6) is -0.489. The summed E-state index contributed by atoms with van der Waals surface area (Å²) in [6.07, 6.45) is 0.380. The van der Waals surface area contributed by atoms with Crippen LogP contribution in [0.3, 0.4) is 0 Å². The van der Waals surface area contributed by atoms with Gasteiger partial charge in [-0.2, -0.15) is 0 Å². The number of rotatable bonds is 4. The zero-order chi connectivity index (χ0) is 17.0. The van der Waals surface area contributed by atoms with Gasteiger partial charge in [0.15, 0.2) is 9.84 Å². The van der Waals surface area contributed by atoms with Gasteiger partial charge in [-0.1, -0.05) is 6.07 Å². The summed E-state index contributed by atoms with van der Waals surface area (Å²) in [4.78, 5) is 23.2. The Labute approximate surface area is 130 Å². The molecule has 2 amide bonds. The molecule has 8 heteroatoms. The van der Waals surface area contributed by atoms with Crippen LogP contribution in [0.2, 0.25) is 0 Å². The maximum Gasteiger partial charge on any atom is 0.408 e. The topological polar surface area (TPSA) is 102 Å². The monoisotopic (exact) mass is 328 g/mol. The van der Waals surface area contributed by atoms with Crippen LogP contribution in [-0.4, -0.2) is 38.8 Å². The summed E-state index contributed by atoms with van der Waals surface area (Å²) in [6, 6.07) is 5.86. The van der Waals surface area contributed by atoms with Crippen LogP contribution < -0.4 is 10.6 Å². The number of alkyl carbamates (subject to hydrolysis) is 1. The Morgan fingerprint density at radius 3 is 2.41 bits per heavy atom. The maximum atomic E-state index is 11.7. The zero-order valence-electron chi connectivity index (χ0n) is 13.0. The van der Waals surface area contributed by atoms with Crippen LogP contribution in [0, 0.1) is 0 Å². The average molecular weight is 328 g/mol. The highest BCUT2D eigenvalue weighted by molar-refractivity contribution is 7.90. The van der Waals surface area contributed by atoms with E-state index in [1.165, 1.54) is 18.2 Å². The molecule has 1 aromatic rings. The molecule has 0 heterocycles. The quantitative estimate of drug-likeness (QED) is 0.873. The summed E-state index contributed by atoms with van der Waals surface area (Å²) < 4.78 is 27.9. The number of nitrogens with one attached hydrogen (secondary N) is 2. The molecule has 0 aromatic heterocycles. The molecule has 0 fully saturated rings. The van der Waals surface area contributed by atoms with Crippen molar-refractivity contribution in [3.63, 3.8) is 0 Å². The van der Waals surface area contributed by atoms with Crippen LogP contribution in [-0.2, 0) is 19.4 Å². The van der Waals surface area contributed by atoms with Gasteiger partial charge in [0.25, 0.3) is 0 Å². The van der Waals surface area contributed by atoms with Gasteiger partial charge in [0.2, 0.25) is 5.91 Å². The second-order valence-electron chi connectivity index (χ2n) is 5.70. The van der Waals surface area contributed by atoms with E-state index in [0.717, 1.165) is 6.26 Å². The second kappa shape index (κ2) is 6.78. The van der Waals surface area contributed by atoms with Gasteiger partial charge >= 0.3 is 6.09 Å². The molecule has 0 atom stereocenters. The summed E-state index contributed by atoms with van der Waals surface area (Å²) in [5, 5.41) is 4.81. The number of hydrogen-bond donors (Lipinski definition) is 2. The molecule has 0 aliphatic carbocycles. The molecule has 1 aromatic carbocycles. The normalized spacial score (nSPS) is 11.6. The molecule has 0 saturated heterocycles. The van der Waals surface area contributed by atoms with Crippen LogP contribution >= 0.6 is 0 Å². The number of amides is 2. The molecule has 0 unspecified atom stereocenters. The Bertz CT molecular complexity index is 662. The third kappa shape index (κ3) is 6.57. The molecule has 22 heavy (non-hydrogen) atoms. The fraction of sp³-hybridized carbons (Fsp3) is 0.429. The van der Waals surface area contributed by atoms with Gasteiger partial charge in [-0.25, -0.2) is 13.2 Å². The van der Waals surface area contributed by atoms with E-state index in [-0.39, 0.29) is 11.4 Å². The number of benzene rings is 1. The minimum Gasteiger partial charge on any atom is -0.444 e. The van der Waals surface area contributed by atoms with Crippen LogP contribution in [0.4, 0.5) is 10.5 Å². The van der Waals surface area contributed by atoms with Crippen LogP contribution in [0.5, 0.6) is 0 Å². The highest BCUT2D eigenvalue weighted by Crippen LogP contribution is 2.15. The van der Waals surface area contributed by atoms with Gasteiger partial charge in [-0.3, -0.25) is 4.79 Å². The van der Waals surface area contributed by atoms with Crippen LogP contribution in [0.15, 0.2) is 29.2 Å². The van der Waals surface area contributed by atoms with Gasteiger partial charge in [-0.15, -0.1) is 0 Å². The molecule has 122 valence electrons. The lowest BCUT2D eigenvalue weighted by Gasteiger charge is -2.19.